The minimum absolute atomic E-state index is 0.227. The van der Waals surface area contributed by atoms with Crippen molar-refractivity contribution in [3.05, 3.63) is 53.5 Å². The molecule has 0 aliphatic rings. The lowest BCUT2D eigenvalue weighted by Crippen LogP contribution is -2.41. The molecule has 0 unspecified atom stereocenters. The molecule has 0 atom stereocenters. The molecule has 1 heterocycles. The number of hydrazine groups is 1. The molecule has 0 radical (unpaired) electrons. The number of hydrogen-bond donors (Lipinski definition) is 2. The van der Waals surface area contributed by atoms with Gasteiger partial charge < -0.3 is 4.42 Å². The lowest BCUT2D eigenvalue weighted by Gasteiger charge is -2.06. The van der Waals surface area contributed by atoms with Crippen molar-refractivity contribution in [1.29, 1.82) is 0 Å². The normalized spacial score (nSPS) is 10.3. The lowest BCUT2D eigenvalue weighted by molar-refractivity contribution is -0.121. The highest BCUT2D eigenvalue weighted by atomic mass is 32.2. The molecular weight excluding hydrogens is 300 g/mol. The van der Waals surface area contributed by atoms with Gasteiger partial charge in [-0.25, -0.2) is 0 Å². The lowest BCUT2D eigenvalue weighted by atomic mass is 10.2. The second-order valence-corrected chi connectivity index (χ2v) is 5.91. The molecule has 0 saturated heterocycles. The Bertz CT molecular complexity index is 653. The highest BCUT2D eigenvalue weighted by Gasteiger charge is 2.13. The Morgan fingerprint density at radius 1 is 1.14 bits per heavy atom. The first-order valence-electron chi connectivity index (χ1n) is 6.90. The van der Waals surface area contributed by atoms with Crippen LogP contribution in [0.2, 0.25) is 0 Å². The number of amides is 2. The van der Waals surface area contributed by atoms with Gasteiger partial charge in [-0.3, -0.25) is 20.4 Å². The fraction of sp³-hybridized carbons (Fsp3) is 0.250. The van der Waals surface area contributed by atoms with Gasteiger partial charge in [0.25, 0.3) is 5.91 Å². The maximum Gasteiger partial charge on any atom is 0.273 e. The van der Waals surface area contributed by atoms with E-state index in [0.29, 0.717) is 29.3 Å². The molecule has 0 aliphatic carbocycles. The van der Waals surface area contributed by atoms with Crippen LogP contribution in [0.25, 0.3) is 0 Å². The zero-order valence-corrected chi connectivity index (χ0v) is 13.3. The van der Waals surface area contributed by atoms with E-state index < -0.39 is 0 Å². The minimum Gasteiger partial charge on any atom is -0.466 e. The molecule has 2 rings (SSSR count). The zero-order valence-electron chi connectivity index (χ0n) is 12.5. The van der Waals surface area contributed by atoms with E-state index in [2.05, 4.69) is 10.9 Å². The summed E-state index contributed by atoms with van der Waals surface area (Å²) in [5.41, 5.74) is 5.23. The van der Waals surface area contributed by atoms with Crippen molar-refractivity contribution in [2.45, 2.75) is 25.2 Å². The fourth-order valence-electron chi connectivity index (χ4n) is 1.89. The summed E-state index contributed by atoms with van der Waals surface area (Å²) in [4.78, 5) is 24.7. The number of aryl methyl sites for hydroxylation is 2. The van der Waals surface area contributed by atoms with Crippen LogP contribution < -0.4 is 10.9 Å². The summed E-state index contributed by atoms with van der Waals surface area (Å²) in [6.07, 6.45) is 0.323. The number of hydrogen-bond acceptors (Lipinski definition) is 4. The van der Waals surface area contributed by atoms with Crippen molar-refractivity contribution < 1.29 is 14.0 Å². The molecule has 5 nitrogen and oxygen atoms in total. The summed E-state index contributed by atoms with van der Waals surface area (Å²) >= 11 is 1.60. The summed E-state index contributed by atoms with van der Waals surface area (Å²) in [7, 11) is 0. The van der Waals surface area contributed by atoms with Gasteiger partial charge in [0.05, 0.1) is 5.56 Å². The van der Waals surface area contributed by atoms with E-state index in [4.69, 9.17) is 4.42 Å². The summed E-state index contributed by atoms with van der Waals surface area (Å²) in [6, 6.07) is 11.5. The monoisotopic (exact) mass is 318 g/mol. The molecule has 2 aromatic rings. The SMILES string of the molecule is Cc1cc(C(=O)NNC(=O)CCSc2ccccc2)c(C)o1. The van der Waals surface area contributed by atoms with Crippen LogP contribution >= 0.6 is 11.8 Å². The maximum atomic E-state index is 11.9. The van der Waals surface area contributed by atoms with Crippen molar-refractivity contribution in [3.63, 3.8) is 0 Å². The van der Waals surface area contributed by atoms with Gasteiger partial charge in [-0.15, -0.1) is 11.8 Å². The smallest absolute Gasteiger partial charge is 0.273 e. The van der Waals surface area contributed by atoms with Crippen LogP contribution in [0, 0.1) is 13.8 Å². The van der Waals surface area contributed by atoms with Gasteiger partial charge in [-0.2, -0.15) is 0 Å². The van der Waals surface area contributed by atoms with Gasteiger partial charge >= 0.3 is 0 Å². The predicted octanol–water partition coefficient (Wildman–Crippen LogP) is 2.84. The van der Waals surface area contributed by atoms with E-state index in [1.165, 1.54) is 0 Å². The average molecular weight is 318 g/mol. The van der Waals surface area contributed by atoms with E-state index in [0.717, 1.165) is 4.90 Å². The van der Waals surface area contributed by atoms with Gasteiger partial charge in [0.15, 0.2) is 0 Å². The van der Waals surface area contributed by atoms with Crippen molar-refractivity contribution in [2.75, 3.05) is 5.75 Å². The van der Waals surface area contributed by atoms with Crippen molar-refractivity contribution in [1.82, 2.24) is 10.9 Å². The molecule has 0 saturated carbocycles. The van der Waals surface area contributed by atoms with Gasteiger partial charge in [0.2, 0.25) is 5.91 Å². The van der Waals surface area contributed by atoms with E-state index in [9.17, 15) is 9.59 Å². The number of carbonyl (C=O) groups is 2. The van der Waals surface area contributed by atoms with E-state index >= 15 is 0 Å². The first-order valence-corrected chi connectivity index (χ1v) is 7.89. The highest BCUT2D eigenvalue weighted by Crippen LogP contribution is 2.17. The molecule has 1 aromatic carbocycles. The summed E-state index contributed by atoms with van der Waals surface area (Å²) < 4.78 is 5.28. The molecule has 1 aromatic heterocycles. The molecule has 0 bridgehead atoms. The van der Waals surface area contributed by atoms with Crippen LogP contribution in [0.1, 0.15) is 28.3 Å². The van der Waals surface area contributed by atoms with Gasteiger partial charge in [0, 0.05) is 17.1 Å². The van der Waals surface area contributed by atoms with E-state index in [-0.39, 0.29) is 11.8 Å². The second kappa shape index (κ2) is 7.70. The third-order valence-corrected chi connectivity index (χ3v) is 3.96. The van der Waals surface area contributed by atoms with E-state index in [1.54, 1.807) is 31.7 Å². The van der Waals surface area contributed by atoms with Crippen LogP contribution in [0.5, 0.6) is 0 Å². The first kappa shape index (κ1) is 16.2. The summed E-state index contributed by atoms with van der Waals surface area (Å²) in [6.45, 7) is 3.48. The van der Waals surface area contributed by atoms with Crippen molar-refractivity contribution >= 4 is 23.6 Å². The molecule has 6 heteroatoms. The third-order valence-electron chi connectivity index (χ3n) is 2.94. The zero-order chi connectivity index (χ0) is 15.9. The van der Waals surface area contributed by atoms with E-state index in [1.807, 2.05) is 30.3 Å². The van der Waals surface area contributed by atoms with Crippen LogP contribution in [-0.4, -0.2) is 17.6 Å². The Morgan fingerprint density at radius 3 is 2.50 bits per heavy atom. The Morgan fingerprint density at radius 2 is 1.86 bits per heavy atom. The number of carbonyl (C=O) groups excluding carboxylic acids is 2. The third kappa shape index (κ3) is 4.66. The largest absolute Gasteiger partial charge is 0.466 e. The Balaban J connectivity index is 1.71. The standard InChI is InChI=1S/C16H18N2O3S/c1-11-10-14(12(2)21-11)16(20)18-17-15(19)8-9-22-13-6-4-3-5-7-13/h3-7,10H,8-9H2,1-2H3,(H,17,19)(H,18,20). The van der Waals surface area contributed by atoms with Gasteiger partial charge in [0.1, 0.15) is 11.5 Å². The molecule has 2 N–H and O–H groups in total. The number of nitrogens with one attached hydrogen (secondary N) is 2. The average Bonchev–Trinajstić information content (AvgIpc) is 2.84. The Hall–Kier alpha value is -2.21. The molecular formula is C16H18N2O3S. The molecule has 22 heavy (non-hydrogen) atoms. The molecule has 0 aliphatic heterocycles. The van der Waals surface area contributed by atoms with Crippen LogP contribution in [-0.2, 0) is 4.79 Å². The van der Waals surface area contributed by atoms with Gasteiger partial charge in [-0.05, 0) is 32.0 Å². The number of thioether (sulfide) groups is 1. The summed E-state index contributed by atoms with van der Waals surface area (Å²) in [5.74, 6) is 1.24. The molecule has 0 spiro atoms. The molecule has 116 valence electrons. The first-order chi connectivity index (χ1) is 10.6. The van der Waals surface area contributed by atoms with Crippen molar-refractivity contribution in [3.8, 4) is 0 Å². The predicted molar refractivity (Wildman–Crippen MR) is 85.6 cm³/mol. The quantitative estimate of drug-likeness (QED) is 0.657. The maximum absolute atomic E-state index is 11.9. The Labute approximate surface area is 133 Å². The fourth-order valence-corrected chi connectivity index (χ4v) is 2.76. The molecule has 0 fully saturated rings. The number of furan rings is 1. The number of rotatable bonds is 5. The minimum atomic E-state index is -0.376. The van der Waals surface area contributed by atoms with Crippen LogP contribution in [0.3, 0.4) is 0 Å². The number of benzene rings is 1. The Kier molecular flexibility index (Phi) is 5.66. The van der Waals surface area contributed by atoms with Crippen LogP contribution in [0.4, 0.5) is 0 Å². The van der Waals surface area contributed by atoms with Crippen LogP contribution in [0.15, 0.2) is 45.7 Å². The second-order valence-electron chi connectivity index (χ2n) is 4.74. The van der Waals surface area contributed by atoms with Crippen molar-refractivity contribution in [2.24, 2.45) is 0 Å². The topological polar surface area (TPSA) is 71.3 Å². The summed E-state index contributed by atoms with van der Waals surface area (Å²) in [5, 5.41) is 0. The highest BCUT2D eigenvalue weighted by molar-refractivity contribution is 7.99. The molecule has 2 amide bonds. The van der Waals surface area contributed by atoms with Gasteiger partial charge in [-0.1, -0.05) is 18.2 Å².